The zero-order valence-corrected chi connectivity index (χ0v) is 2.78. The second kappa shape index (κ2) is 2.60. The normalized spacial score (nSPS) is 5.00. The zero-order chi connectivity index (χ0) is 3.41. The Hall–Kier alpha value is -0.395. The van der Waals surface area contributed by atoms with Gasteiger partial charge in [-0.15, -0.1) is 0 Å². The Labute approximate surface area is 27.1 Å². The lowest BCUT2D eigenvalue weighted by atomic mass is 10.4. The van der Waals surface area contributed by atoms with E-state index >= 15 is 0 Å². The van der Waals surface area contributed by atoms with Crippen molar-refractivity contribution in [2.75, 3.05) is 0 Å². The summed E-state index contributed by atoms with van der Waals surface area (Å²) in [6.45, 7) is 3.37. The van der Waals surface area contributed by atoms with Gasteiger partial charge >= 0.3 is 0 Å². The highest BCUT2D eigenvalue weighted by Gasteiger charge is 1.37. The van der Waals surface area contributed by atoms with Crippen LogP contribution in [0.25, 0.3) is 0 Å². The van der Waals surface area contributed by atoms with Gasteiger partial charge in [0, 0.05) is 0 Å². The highest BCUT2D eigenvalue weighted by atomic mass is 14.7. The molecule has 0 aromatic carbocycles. The molecule has 1 N–H and O–H groups in total. The van der Waals surface area contributed by atoms with Crippen molar-refractivity contribution < 1.29 is 0 Å². The highest BCUT2D eigenvalue weighted by Crippen LogP contribution is 1.30. The van der Waals surface area contributed by atoms with Gasteiger partial charge in [0.2, 0.25) is 7.98 Å². The molecule has 0 aliphatic heterocycles. The van der Waals surface area contributed by atoms with E-state index in [1.165, 1.54) is 0 Å². The Kier molecular flexibility index (Phi) is 2.35. The molecule has 0 heterocycles. The van der Waals surface area contributed by atoms with E-state index in [1.807, 2.05) is 7.98 Å². The molecular weight excluding hydrogens is 48.8 g/mol. The Bertz CT molecular complexity index is 20.0. The summed E-state index contributed by atoms with van der Waals surface area (Å²) in [5, 5.41) is 2.69. The molecular formula is C2H6BN. The molecule has 0 aromatic heterocycles. The smallest absolute Gasteiger partial charge is 0.213 e. The molecule has 0 aliphatic rings. The van der Waals surface area contributed by atoms with Gasteiger partial charge in [0.05, 0.1) is 0 Å². The molecule has 0 fully saturated rings. The summed E-state index contributed by atoms with van der Waals surface area (Å²) in [6, 6.07) is 0. The lowest BCUT2D eigenvalue weighted by Gasteiger charge is -1.70. The lowest BCUT2D eigenvalue weighted by molar-refractivity contribution is 1.41. The molecule has 0 rings (SSSR count). The predicted molar refractivity (Wildman–Crippen MR) is 21.9 cm³/mol. The van der Waals surface area contributed by atoms with Gasteiger partial charge in [0.1, 0.15) is 0 Å². The number of rotatable bonds is 1. The summed E-state index contributed by atoms with van der Waals surface area (Å²) in [5.74, 6) is 0. The van der Waals surface area contributed by atoms with Gasteiger partial charge in [-0.2, -0.15) is 0 Å². The van der Waals surface area contributed by atoms with Gasteiger partial charge in [-0.1, -0.05) is 6.58 Å². The van der Waals surface area contributed by atoms with Crippen LogP contribution in [0.3, 0.4) is 0 Å². The number of hydrogen-bond donors (Lipinski definition) is 1. The van der Waals surface area contributed by atoms with Gasteiger partial charge in [-0.05, 0) is 6.20 Å². The predicted octanol–water partition coefficient (Wildman–Crippen LogP) is -0.732. The second-order valence-corrected chi connectivity index (χ2v) is 0.493. The van der Waals surface area contributed by atoms with Gasteiger partial charge < -0.3 is 5.23 Å². The molecule has 0 spiro atoms. The number of hydrogen-bond acceptors (Lipinski definition) is 1. The van der Waals surface area contributed by atoms with Crippen molar-refractivity contribution in [3.8, 4) is 0 Å². The van der Waals surface area contributed by atoms with Gasteiger partial charge in [0.25, 0.3) is 0 Å². The minimum atomic E-state index is 1.62. The molecule has 2 heteroatoms. The monoisotopic (exact) mass is 55.1 g/mol. The molecule has 0 bridgehead atoms. The van der Waals surface area contributed by atoms with Crippen LogP contribution in [0.2, 0.25) is 0 Å². The van der Waals surface area contributed by atoms with E-state index in [2.05, 4.69) is 11.8 Å². The highest BCUT2D eigenvalue weighted by molar-refractivity contribution is 6.04. The molecule has 0 atom stereocenters. The molecule has 0 saturated carbocycles. The van der Waals surface area contributed by atoms with Gasteiger partial charge in [0.15, 0.2) is 0 Å². The fourth-order valence-electron chi connectivity index (χ4n) is 0. The largest absolute Gasteiger partial charge is 0.440 e. The van der Waals surface area contributed by atoms with E-state index < -0.39 is 0 Å². The molecule has 0 aromatic rings. The minimum Gasteiger partial charge on any atom is -0.440 e. The average Bonchev–Trinajstić information content (AvgIpc) is 1.37. The van der Waals surface area contributed by atoms with E-state index in [1.54, 1.807) is 6.20 Å². The van der Waals surface area contributed by atoms with E-state index in [0.29, 0.717) is 0 Å². The van der Waals surface area contributed by atoms with Crippen LogP contribution in [-0.2, 0) is 0 Å². The molecule has 0 saturated heterocycles. The fraction of sp³-hybridized carbons (Fsp3) is 0. The van der Waals surface area contributed by atoms with Crippen LogP contribution >= 0.6 is 0 Å². The summed E-state index contributed by atoms with van der Waals surface area (Å²) in [4.78, 5) is 0. The molecule has 0 aliphatic carbocycles. The van der Waals surface area contributed by atoms with Crippen molar-refractivity contribution in [3.05, 3.63) is 12.8 Å². The topological polar surface area (TPSA) is 12.0 Å². The third-order valence-corrected chi connectivity index (χ3v) is 0.204. The van der Waals surface area contributed by atoms with Crippen molar-refractivity contribution in [2.24, 2.45) is 0 Å². The first-order valence-electron chi connectivity index (χ1n) is 1.20. The molecule has 1 nitrogen and oxygen atoms in total. The maximum absolute atomic E-state index is 3.37. The maximum Gasteiger partial charge on any atom is 0.213 e. The van der Waals surface area contributed by atoms with E-state index in [9.17, 15) is 0 Å². The second-order valence-electron chi connectivity index (χ2n) is 0.493. The third-order valence-electron chi connectivity index (χ3n) is 0.204. The van der Waals surface area contributed by atoms with Crippen LogP contribution in [0.1, 0.15) is 0 Å². The van der Waals surface area contributed by atoms with Crippen LogP contribution in [0.15, 0.2) is 12.8 Å². The Morgan fingerprint density at radius 3 is 2.25 bits per heavy atom. The van der Waals surface area contributed by atoms with E-state index in [0.717, 1.165) is 0 Å². The van der Waals surface area contributed by atoms with Crippen LogP contribution in [0, 0.1) is 0 Å². The molecule has 4 heavy (non-hydrogen) atoms. The quantitative estimate of drug-likeness (QED) is 0.390. The van der Waals surface area contributed by atoms with Crippen LogP contribution in [0.4, 0.5) is 0 Å². The third kappa shape index (κ3) is 1.60. The molecule has 0 unspecified atom stereocenters. The first-order valence-corrected chi connectivity index (χ1v) is 1.20. The minimum absolute atomic E-state index is 1.62. The molecule has 22 valence electrons. The van der Waals surface area contributed by atoms with Crippen molar-refractivity contribution in [1.29, 1.82) is 0 Å². The summed E-state index contributed by atoms with van der Waals surface area (Å²) >= 11 is 0. The van der Waals surface area contributed by atoms with Crippen LogP contribution in [0.5, 0.6) is 0 Å². The van der Waals surface area contributed by atoms with Crippen molar-refractivity contribution in [3.63, 3.8) is 0 Å². The summed E-state index contributed by atoms with van der Waals surface area (Å²) in [7, 11) is 1.81. The van der Waals surface area contributed by atoms with E-state index in [4.69, 9.17) is 0 Å². The summed E-state index contributed by atoms with van der Waals surface area (Å²) in [5.41, 5.74) is 0. The number of nitrogens with one attached hydrogen (secondary N) is 1. The standard InChI is InChI=1S/C2H6BN/c1-2-4-3/h2,4H,1,3H2. The van der Waals surface area contributed by atoms with Crippen LogP contribution in [-0.4, -0.2) is 7.98 Å². The summed E-state index contributed by atoms with van der Waals surface area (Å²) in [6.07, 6.45) is 1.62. The van der Waals surface area contributed by atoms with Gasteiger partial charge in [-0.3, -0.25) is 0 Å². The van der Waals surface area contributed by atoms with Crippen molar-refractivity contribution in [1.82, 2.24) is 5.23 Å². The van der Waals surface area contributed by atoms with Crippen molar-refractivity contribution >= 4 is 7.98 Å². The van der Waals surface area contributed by atoms with Crippen LogP contribution < -0.4 is 5.23 Å². The first kappa shape index (κ1) is 3.60. The first-order chi connectivity index (χ1) is 1.91. The Morgan fingerprint density at radius 1 is 2.00 bits per heavy atom. The SMILES string of the molecule is BNC=C. The Balaban J connectivity index is 2.30. The lowest BCUT2D eigenvalue weighted by Crippen LogP contribution is -1.91. The fourth-order valence-corrected chi connectivity index (χ4v) is 0. The van der Waals surface area contributed by atoms with E-state index in [-0.39, 0.29) is 0 Å². The van der Waals surface area contributed by atoms with Crippen molar-refractivity contribution in [2.45, 2.75) is 0 Å². The van der Waals surface area contributed by atoms with Gasteiger partial charge in [-0.25, -0.2) is 0 Å². The Morgan fingerprint density at radius 2 is 2.25 bits per heavy atom. The molecule has 0 amide bonds. The average molecular weight is 54.9 g/mol. The maximum atomic E-state index is 3.37. The summed E-state index contributed by atoms with van der Waals surface area (Å²) < 4.78 is 0. The molecule has 0 radical (unpaired) electrons. The zero-order valence-electron chi connectivity index (χ0n) is 2.78.